The van der Waals surface area contributed by atoms with E-state index in [-0.39, 0.29) is 6.04 Å². The second-order valence-electron chi connectivity index (χ2n) is 6.18. The number of oxazole rings is 1. The van der Waals surface area contributed by atoms with Gasteiger partial charge in [-0.05, 0) is 33.6 Å². The first-order valence-corrected chi connectivity index (χ1v) is 8.13. The number of nitrogens with one attached hydrogen (secondary N) is 1. The van der Waals surface area contributed by atoms with Gasteiger partial charge in [-0.25, -0.2) is 4.98 Å². The maximum Gasteiger partial charge on any atom is 0.243 e. The second kappa shape index (κ2) is 6.60. The molecule has 0 aliphatic heterocycles. The van der Waals surface area contributed by atoms with Crippen LogP contribution in [0.2, 0.25) is 0 Å². The molecule has 0 amide bonds. The molecule has 1 aliphatic carbocycles. The fourth-order valence-corrected chi connectivity index (χ4v) is 2.89. The zero-order valence-corrected chi connectivity index (χ0v) is 13.6. The van der Waals surface area contributed by atoms with Crippen LogP contribution in [0.3, 0.4) is 0 Å². The third kappa shape index (κ3) is 3.38. The van der Waals surface area contributed by atoms with E-state index in [1.165, 1.54) is 32.1 Å². The summed E-state index contributed by atoms with van der Waals surface area (Å²) in [5.74, 6) is 3.53. The number of aryl methyl sites for hydroxylation is 2. The highest BCUT2D eigenvalue weighted by molar-refractivity contribution is 5.05. The van der Waals surface area contributed by atoms with Crippen molar-refractivity contribution in [2.75, 3.05) is 0 Å². The Kier molecular flexibility index (Phi) is 4.57. The highest BCUT2D eigenvalue weighted by Gasteiger charge is 2.22. The van der Waals surface area contributed by atoms with Crippen LogP contribution in [0.15, 0.2) is 8.94 Å². The average molecular weight is 304 g/mol. The van der Waals surface area contributed by atoms with Gasteiger partial charge in [0.1, 0.15) is 5.76 Å². The summed E-state index contributed by atoms with van der Waals surface area (Å²) in [5, 5.41) is 7.49. The molecule has 22 heavy (non-hydrogen) atoms. The molecule has 3 rings (SSSR count). The van der Waals surface area contributed by atoms with Gasteiger partial charge in [0, 0.05) is 5.92 Å². The quantitative estimate of drug-likeness (QED) is 0.910. The summed E-state index contributed by atoms with van der Waals surface area (Å²) in [7, 11) is 0. The Balaban J connectivity index is 1.57. The lowest BCUT2D eigenvalue weighted by atomic mass is 9.89. The minimum atomic E-state index is -0.0163. The van der Waals surface area contributed by atoms with Crippen molar-refractivity contribution in [2.24, 2.45) is 0 Å². The van der Waals surface area contributed by atoms with Gasteiger partial charge in [0.25, 0.3) is 0 Å². The Morgan fingerprint density at radius 2 is 1.95 bits per heavy atom. The highest BCUT2D eigenvalue weighted by Crippen LogP contribution is 2.31. The minimum absolute atomic E-state index is 0.0163. The van der Waals surface area contributed by atoms with Gasteiger partial charge in [0.2, 0.25) is 11.8 Å². The number of rotatable bonds is 5. The van der Waals surface area contributed by atoms with E-state index in [0.717, 1.165) is 17.3 Å². The molecule has 6 heteroatoms. The van der Waals surface area contributed by atoms with E-state index in [9.17, 15) is 0 Å². The standard InChI is InChI=1S/C16H24N4O2/c1-10-12(3)21-14(18-10)9-17-11(2)16-19-15(20-22-16)13-7-5-4-6-8-13/h11,13,17H,4-9H2,1-3H3/t11-/m0/s1. The summed E-state index contributed by atoms with van der Waals surface area (Å²) in [5.41, 5.74) is 0.932. The molecular weight excluding hydrogens is 280 g/mol. The summed E-state index contributed by atoms with van der Waals surface area (Å²) < 4.78 is 11.0. The second-order valence-corrected chi connectivity index (χ2v) is 6.18. The van der Waals surface area contributed by atoms with Crippen molar-refractivity contribution in [1.29, 1.82) is 0 Å². The number of hydrogen-bond acceptors (Lipinski definition) is 6. The van der Waals surface area contributed by atoms with E-state index in [0.29, 0.717) is 24.2 Å². The first kappa shape index (κ1) is 15.2. The van der Waals surface area contributed by atoms with Crippen molar-refractivity contribution in [3.63, 3.8) is 0 Å². The third-order valence-electron chi connectivity index (χ3n) is 4.43. The van der Waals surface area contributed by atoms with Gasteiger partial charge in [-0.1, -0.05) is 24.4 Å². The Morgan fingerprint density at radius 3 is 2.64 bits per heavy atom. The predicted octanol–water partition coefficient (Wildman–Crippen LogP) is 3.57. The maximum absolute atomic E-state index is 5.56. The first-order valence-electron chi connectivity index (χ1n) is 8.13. The zero-order valence-electron chi connectivity index (χ0n) is 13.6. The SMILES string of the molecule is Cc1nc(CN[C@@H](C)c2nc(C3CCCCC3)no2)oc1C. The van der Waals surface area contributed by atoms with Crippen LogP contribution in [0, 0.1) is 13.8 Å². The molecule has 0 unspecified atom stereocenters. The van der Waals surface area contributed by atoms with Crippen LogP contribution < -0.4 is 5.32 Å². The van der Waals surface area contributed by atoms with Crippen molar-refractivity contribution in [3.8, 4) is 0 Å². The molecule has 120 valence electrons. The van der Waals surface area contributed by atoms with Crippen molar-refractivity contribution in [3.05, 3.63) is 29.1 Å². The van der Waals surface area contributed by atoms with E-state index in [4.69, 9.17) is 8.94 Å². The fourth-order valence-electron chi connectivity index (χ4n) is 2.89. The molecule has 0 aromatic carbocycles. The lowest BCUT2D eigenvalue weighted by molar-refractivity contribution is 0.323. The number of aromatic nitrogens is 3. The van der Waals surface area contributed by atoms with Gasteiger partial charge in [-0.15, -0.1) is 0 Å². The molecular formula is C16H24N4O2. The van der Waals surface area contributed by atoms with Crippen LogP contribution in [0.25, 0.3) is 0 Å². The molecule has 0 bridgehead atoms. The summed E-state index contributed by atoms with van der Waals surface area (Å²) >= 11 is 0. The molecule has 0 radical (unpaired) electrons. The Hall–Kier alpha value is -1.69. The van der Waals surface area contributed by atoms with Gasteiger partial charge >= 0.3 is 0 Å². The largest absolute Gasteiger partial charge is 0.444 e. The zero-order chi connectivity index (χ0) is 15.5. The number of hydrogen-bond donors (Lipinski definition) is 1. The molecule has 0 saturated heterocycles. The monoisotopic (exact) mass is 304 g/mol. The van der Waals surface area contributed by atoms with Crippen LogP contribution in [0.5, 0.6) is 0 Å². The summed E-state index contributed by atoms with van der Waals surface area (Å²) in [4.78, 5) is 8.94. The Morgan fingerprint density at radius 1 is 1.18 bits per heavy atom. The average Bonchev–Trinajstić information content (AvgIpc) is 3.14. The lowest BCUT2D eigenvalue weighted by Gasteiger charge is -2.17. The third-order valence-corrected chi connectivity index (χ3v) is 4.43. The van der Waals surface area contributed by atoms with Crippen LogP contribution in [-0.2, 0) is 6.54 Å². The van der Waals surface area contributed by atoms with Crippen LogP contribution in [0.1, 0.15) is 80.0 Å². The summed E-state index contributed by atoms with van der Waals surface area (Å²) in [6.07, 6.45) is 6.22. The first-order chi connectivity index (χ1) is 10.6. The van der Waals surface area contributed by atoms with Crippen molar-refractivity contribution in [2.45, 2.75) is 71.4 Å². The van der Waals surface area contributed by atoms with Gasteiger partial charge in [-0.2, -0.15) is 4.98 Å². The van der Waals surface area contributed by atoms with E-state index in [2.05, 4.69) is 20.4 Å². The molecule has 1 N–H and O–H groups in total. The molecule has 2 heterocycles. The van der Waals surface area contributed by atoms with E-state index >= 15 is 0 Å². The van der Waals surface area contributed by atoms with Gasteiger partial charge in [0.05, 0.1) is 18.3 Å². The van der Waals surface area contributed by atoms with Gasteiger partial charge in [0.15, 0.2) is 5.82 Å². The summed E-state index contributed by atoms with van der Waals surface area (Å²) in [6, 6.07) is -0.0163. The fraction of sp³-hybridized carbons (Fsp3) is 0.688. The summed E-state index contributed by atoms with van der Waals surface area (Å²) in [6.45, 7) is 6.43. The molecule has 2 aromatic heterocycles. The van der Waals surface area contributed by atoms with Crippen molar-refractivity contribution in [1.82, 2.24) is 20.4 Å². The van der Waals surface area contributed by atoms with E-state index in [1.807, 2.05) is 20.8 Å². The minimum Gasteiger partial charge on any atom is -0.444 e. The van der Waals surface area contributed by atoms with Crippen molar-refractivity contribution >= 4 is 0 Å². The maximum atomic E-state index is 5.56. The smallest absolute Gasteiger partial charge is 0.243 e. The molecule has 1 fully saturated rings. The topological polar surface area (TPSA) is 77.0 Å². The molecule has 1 aliphatic rings. The van der Waals surface area contributed by atoms with Crippen LogP contribution in [0.4, 0.5) is 0 Å². The Bertz CT molecular complexity index is 594. The Labute approximate surface area is 130 Å². The van der Waals surface area contributed by atoms with E-state index in [1.54, 1.807) is 0 Å². The normalized spacial score (nSPS) is 17.8. The molecule has 1 saturated carbocycles. The molecule has 0 spiro atoms. The van der Waals surface area contributed by atoms with Gasteiger partial charge < -0.3 is 8.94 Å². The van der Waals surface area contributed by atoms with Crippen LogP contribution in [-0.4, -0.2) is 15.1 Å². The van der Waals surface area contributed by atoms with Gasteiger partial charge in [-0.3, -0.25) is 5.32 Å². The predicted molar refractivity (Wildman–Crippen MR) is 81.4 cm³/mol. The molecule has 1 atom stereocenters. The van der Waals surface area contributed by atoms with Crippen LogP contribution >= 0.6 is 0 Å². The molecule has 2 aromatic rings. The lowest BCUT2D eigenvalue weighted by Crippen LogP contribution is -2.18. The van der Waals surface area contributed by atoms with E-state index < -0.39 is 0 Å². The van der Waals surface area contributed by atoms with Crippen molar-refractivity contribution < 1.29 is 8.94 Å². The highest BCUT2D eigenvalue weighted by atomic mass is 16.5. The molecule has 6 nitrogen and oxygen atoms in total. The number of nitrogens with zero attached hydrogens (tertiary/aromatic N) is 3.